The molecular formula is C20H19N3O3S. The molecule has 1 N–H and O–H groups in total. The lowest BCUT2D eigenvalue weighted by molar-refractivity contribution is 0.0600. The Morgan fingerprint density at radius 3 is 2.63 bits per heavy atom. The molecule has 3 rings (SSSR count). The van der Waals surface area contributed by atoms with Crippen molar-refractivity contribution in [3.8, 4) is 17.1 Å². The fourth-order valence-corrected chi connectivity index (χ4v) is 3.46. The van der Waals surface area contributed by atoms with Crippen LogP contribution in [0.5, 0.6) is 5.75 Å². The molecule has 0 bridgehead atoms. The van der Waals surface area contributed by atoms with Gasteiger partial charge in [-0.1, -0.05) is 42.1 Å². The summed E-state index contributed by atoms with van der Waals surface area (Å²) in [6.07, 6.45) is 1.77. The maximum atomic E-state index is 11.5. The number of methoxy groups -OCH3 is 1. The Hall–Kier alpha value is -3.06. The van der Waals surface area contributed by atoms with Gasteiger partial charge in [0.05, 0.1) is 18.2 Å². The zero-order valence-corrected chi connectivity index (χ0v) is 15.6. The minimum Gasteiger partial charge on any atom is -0.507 e. The molecule has 138 valence electrons. The molecule has 0 amide bonds. The van der Waals surface area contributed by atoms with Crippen molar-refractivity contribution in [3.05, 3.63) is 72.3 Å². The highest BCUT2D eigenvalue weighted by Gasteiger charge is 2.16. The number of phenolic OH excluding ortho intramolecular Hbond substituents is 1. The van der Waals surface area contributed by atoms with Crippen molar-refractivity contribution in [2.45, 2.75) is 17.5 Å². The van der Waals surface area contributed by atoms with Crippen LogP contribution in [0.1, 0.15) is 15.9 Å². The van der Waals surface area contributed by atoms with Crippen LogP contribution in [0.25, 0.3) is 11.4 Å². The Bertz CT molecular complexity index is 951. The van der Waals surface area contributed by atoms with E-state index < -0.39 is 0 Å². The molecule has 7 heteroatoms. The molecule has 0 aliphatic rings. The molecule has 0 aliphatic carbocycles. The number of aromatic nitrogens is 3. The van der Waals surface area contributed by atoms with Crippen LogP contribution < -0.4 is 0 Å². The number of benzene rings is 2. The second kappa shape index (κ2) is 8.55. The van der Waals surface area contributed by atoms with Crippen LogP contribution in [0.15, 0.2) is 66.3 Å². The molecule has 0 unspecified atom stereocenters. The lowest BCUT2D eigenvalue weighted by Gasteiger charge is -2.09. The molecule has 3 aromatic rings. The monoisotopic (exact) mass is 381 g/mol. The number of thioether (sulfide) groups is 1. The molecule has 6 nitrogen and oxygen atoms in total. The average Bonchev–Trinajstić information content (AvgIpc) is 3.09. The number of nitrogens with zero attached hydrogens (tertiary/aromatic N) is 3. The van der Waals surface area contributed by atoms with Gasteiger partial charge in [0, 0.05) is 12.3 Å². The van der Waals surface area contributed by atoms with Crippen molar-refractivity contribution < 1.29 is 14.6 Å². The van der Waals surface area contributed by atoms with Crippen molar-refractivity contribution in [2.75, 3.05) is 7.11 Å². The van der Waals surface area contributed by atoms with E-state index >= 15 is 0 Å². The van der Waals surface area contributed by atoms with E-state index in [-0.39, 0.29) is 11.7 Å². The highest BCUT2D eigenvalue weighted by atomic mass is 32.2. The van der Waals surface area contributed by atoms with E-state index in [9.17, 15) is 9.90 Å². The van der Waals surface area contributed by atoms with Gasteiger partial charge < -0.3 is 9.84 Å². The zero-order valence-electron chi connectivity index (χ0n) is 14.8. The highest BCUT2D eigenvalue weighted by molar-refractivity contribution is 7.98. The van der Waals surface area contributed by atoms with Crippen LogP contribution >= 0.6 is 11.8 Å². The molecule has 2 aromatic carbocycles. The van der Waals surface area contributed by atoms with Crippen LogP contribution in [0.2, 0.25) is 0 Å². The summed E-state index contributed by atoms with van der Waals surface area (Å²) in [7, 11) is 1.36. The topological polar surface area (TPSA) is 77.2 Å². The molecule has 0 saturated carbocycles. The normalized spacial score (nSPS) is 10.6. The van der Waals surface area contributed by atoms with E-state index in [4.69, 9.17) is 4.74 Å². The quantitative estimate of drug-likeness (QED) is 0.380. The minimum absolute atomic E-state index is 0.158. The summed E-state index contributed by atoms with van der Waals surface area (Å²) >= 11 is 1.53. The van der Waals surface area contributed by atoms with E-state index in [1.165, 1.54) is 18.9 Å². The Balaban J connectivity index is 1.80. The molecule has 0 saturated heterocycles. The Morgan fingerprint density at radius 1 is 1.22 bits per heavy atom. The third-order valence-corrected chi connectivity index (χ3v) is 4.95. The lowest BCUT2D eigenvalue weighted by Crippen LogP contribution is -2.01. The first-order chi connectivity index (χ1) is 13.1. The summed E-state index contributed by atoms with van der Waals surface area (Å²) in [5.41, 5.74) is 2.19. The third-order valence-electron chi connectivity index (χ3n) is 3.92. The van der Waals surface area contributed by atoms with Crippen LogP contribution in [0.4, 0.5) is 0 Å². The Morgan fingerprint density at radius 2 is 1.96 bits per heavy atom. The molecule has 1 heterocycles. The smallest absolute Gasteiger partial charge is 0.337 e. The first kappa shape index (κ1) is 18.7. The number of rotatable bonds is 7. The number of para-hydroxylation sites is 1. The van der Waals surface area contributed by atoms with Crippen molar-refractivity contribution in [2.24, 2.45) is 0 Å². The number of hydrogen-bond donors (Lipinski definition) is 1. The third kappa shape index (κ3) is 4.20. The molecule has 1 aromatic heterocycles. The maximum Gasteiger partial charge on any atom is 0.337 e. The van der Waals surface area contributed by atoms with Gasteiger partial charge in [0.2, 0.25) is 0 Å². The van der Waals surface area contributed by atoms with E-state index in [0.717, 1.165) is 10.7 Å². The van der Waals surface area contributed by atoms with Crippen LogP contribution in [0, 0.1) is 0 Å². The second-order valence-corrected chi connectivity index (χ2v) is 6.64. The first-order valence-corrected chi connectivity index (χ1v) is 9.25. The summed E-state index contributed by atoms with van der Waals surface area (Å²) in [4.78, 5) is 11.5. The van der Waals surface area contributed by atoms with Crippen LogP contribution in [0.3, 0.4) is 0 Å². The van der Waals surface area contributed by atoms with Crippen molar-refractivity contribution in [1.82, 2.24) is 14.8 Å². The van der Waals surface area contributed by atoms with E-state index in [1.54, 1.807) is 36.4 Å². The largest absolute Gasteiger partial charge is 0.507 e. The van der Waals surface area contributed by atoms with Gasteiger partial charge in [0.15, 0.2) is 11.0 Å². The minimum atomic E-state index is -0.354. The van der Waals surface area contributed by atoms with Crippen LogP contribution in [-0.2, 0) is 17.0 Å². The summed E-state index contributed by atoms with van der Waals surface area (Å²) < 4.78 is 6.62. The number of carbonyl (C=O) groups excluding carboxylic acids is 1. The van der Waals surface area contributed by atoms with Crippen LogP contribution in [-0.4, -0.2) is 33.0 Å². The number of aromatic hydroxyl groups is 1. The van der Waals surface area contributed by atoms with Gasteiger partial charge in [-0.05, 0) is 29.8 Å². The predicted octanol–water partition coefficient (Wildman–Crippen LogP) is 3.92. The number of hydrogen-bond acceptors (Lipinski definition) is 6. The molecule has 27 heavy (non-hydrogen) atoms. The molecule has 0 spiro atoms. The molecule has 0 fully saturated rings. The van der Waals surface area contributed by atoms with Crippen molar-refractivity contribution in [1.29, 1.82) is 0 Å². The number of allylic oxidation sites excluding steroid dienone is 1. The van der Waals surface area contributed by atoms with Crippen molar-refractivity contribution in [3.63, 3.8) is 0 Å². The van der Waals surface area contributed by atoms with Gasteiger partial charge in [-0.15, -0.1) is 16.8 Å². The Kier molecular flexibility index (Phi) is 5.93. The summed E-state index contributed by atoms with van der Waals surface area (Å²) in [5.74, 6) is 1.06. The number of esters is 1. The SMILES string of the molecule is C=CCn1c(SCc2ccc(C(=O)OC)cc2)nnc1-c1ccccc1O. The average molecular weight is 381 g/mol. The molecule has 0 atom stereocenters. The number of carbonyl (C=O) groups is 1. The Labute approximate surface area is 161 Å². The van der Waals surface area contributed by atoms with E-state index in [2.05, 4.69) is 16.8 Å². The molecule has 0 radical (unpaired) electrons. The van der Waals surface area contributed by atoms with Gasteiger partial charge >= 0.3 is 5.97 Å². The van der Waals surface area contributed by atoms with Gasteiger partial charge in [-0.25, -0.2) is 4.79 Å². The number of phenols is 1. The van der Waals surface area contributed by atoms with Gasteiger partial charge in [0.25, 0.3) is 0 Å². The van der Waals surface area contributed by atoms with E-state index in [1.807, 2.05) is 22.8 Å². The fourth-order valence-electron chi connectivity index (χ4n) is 2.55. The summed E-state index contributed by atoms with van der Waals surface area (Å²) in [6.45, 7) is 4.32. The zero-order chi connectivity index (χ0) is 19.2. The number of ether oxygens (including phenoxy) is 1. The van der Waals surface area contributed by atoms with Gasteiger partial charge in [-0.3, -0.25) is 4.57 Å². The fraction of sp³-hybridized carbons (Fsp3) is 0.150. The van der Waals surface area contributed by atoms with Gasteiger partial charge in [0.1, 0.15) is 5.75 Å². The molecule has 0 aliphatic heterocycles. The lowest BCUT2D eigenvalue weighted by atomic mass is 10.1. The predicted molar refractivity (Wildman–Crippen MR) is 105 cm³/mol. The van der Waals surface area contributed by atoms with Gasteiger partial charge in [-0.2, -0.15) is 0 Å². The standard InChI is InChI=1S/C20H19N3O3S/c1-3-12-23-18(16-6-4-5-7-17(16)24)21-22-20(23)27-13-14-8-10-15(11-9-14)19(25)26-2/h3-11,24H,1,12-13H2,2H3. The summed E-state index contributed by atoms with van der Waals surface area (Å²) in [6, 6.07) is 14.3. The molecular weight excluding hydrogens is 362 g/mol. The van der Waals surface area contributed by atoms with Crippen molar-refractivity contribution >= 4 is 17.7 Å². The highest BCUT2D eigenvalue weighted by Crippen LogP contribution is 2.31. The second-order valence-electron chi connectivity index (χ2n) is 5.70. The first-order valence-electron chi connectivity index (χ1n) is 8.26. The van der Waals surface area contributed by atoms with E-state index in [0.29, 0.717) is 29.2 Å². The maximum absolute atomic E-state index is 11.5. The summed E-state index contributed by atoms with van der Waals surface area (Å²) in [5, 5.41) is 19.4.